The summed E-state index contributed by atoms with van der Waals surface area (Å²) in [5, 5.41) is 8.79. The zero-order valence-corrected chi connectivity index (χ0v) is 11.4. The summed E-state index contributed by atoms with van der Waals surface area (Å²) >= 11 is 2.71. The Morgan fingerprint density at radius 1 is 1.43 bits per heavy atom. The normalized spacial score (nSPS) is 10.8. The van der Waals surface area contributed by atoms with Gasteiger partial charge in [-0.3, -0.25) is 0 Å². The maximum Gasteiger partial charge on any atom is 1.00 e. The van der Waals surface area contributed by atoms with E-state index < -0.39 is 26.6 Å². The smallest absolute Gasteiger partial charge is 0.744 e. The maximum absolute atomic E-state index is 12.6. The van der Waals surface area contributed by atoms with Crippen LogP contribution in [0.5, 0.6) is 5.75 Å². The second kappa shape index (κ2) is 4.91. The van der Waals surface area contributed by atoms with Gasteiger partial charge in [-0.05, 0) is 28.1 Å². The molecule has 0 heterocycles. The van der Waals surface area contributed by atoms with Crippen LogP contribution in [0.3, 0.4) is 0 Å². The standard InChI is InChI=1S/C6H4BrFO4S.Na/c7-3-1-5(9)4(8)2-6(3)13(10,11)12;/h1-2,9H,(H,10,11,12);/q;+1/p-1. The minimum atomic E-state index is -4.72. The van der Waals surface area contributed by atoms with Gasteiger partial charge in [0.15, 0.2) is 11.6 Å². The summed E-state index contributed by atoms with van der Waals surface area (Å²) in [5.41, 5.74) is 0. The van der Waals surface area contributed by atoms with Gasteiger partial charge in [-0.15, -0.1) is 0 Å². The van der Waals surface area contributed by atoms with Crippen LogP contribution in [0.4, 0.5) is 4.39 Å². The van der Waals surface area contributed by atoms with Crippen LogP contribution in [0, 0.1) is 5.82 Å². The van der Waals surface area contributed by atoms with Crippen LogP contribution in [-0.2, 0) is 10.1 Å². The quantitative estimate of drug-likeness (QED) is 0.490. The molecule has 14 heavy (non-hydrogen) atoms. The number of hydrogen-bond acceptors (Lipinski definition) is 4. The molecule has 72 valence electrons. The van der Waals surface area contributed by atoms with Gasteiger partial charge >= 0.3 is 29.6 Å². The molecule has 1 rings (SSSR count). The van der Waals surface area contributed by atoms with Gasteiger partial charge in [0.05, 0.1) is 4.90 Å². The van der Waals surface area contributed by atoms with Crippen molar-refractivity contribution in [1.82, 2.24) is 0 Å². The van der Waals surface area contributed by atoms with Crippen LogP contribution in [0.1, 0.15) is 0 Å². The number of hydrogen-bond donors (Lipinski definition) is 1. The van der Waals surface area contributed by atoms with Crippen LogP contribution >= 0.6 is 15.9 Å². The predicted octanol–water partition coefficient (Wildman–Crippen LogP) is -1.80. The molecule has 0 amide bonds. The number of phenolic OH excluding ortho intramolecular Hbond substituents is 1. The molecule has 1 aromatic carbocycles. The molecular weight excluding hydrogens is 290 g/mol. The Kier molecular flexibility index (Phi) is 5.03. The Bertz CT molecular complexity index is 447. The van der Waals surface area contributed by atoms with Crippen molar-refractivity contribution >= 4 is 26.0 Å². The van der Waals surface area contributed by atoms with Crippen LogP contribution < -0.4 is 29.6 Å². The third-order valence-electron chi connectivity index (χ3n) is 1.27. The first-order valence-corrected chi connectivity index (χ1v) is 5.16. The van der Waals surface area contributed by atoms with Crippen molar-refractivity contribution < 1.29 is 52.0 Å². The van der Waals surface area contributed by atoms with E-state index in [0.717, 1.165) is 6.07 Å². The zero-order chi connectivity index (χ0) is 10.2. The van der Waals surface area contributed by atoms with Crippen molar-refractivity contribution in [3.05, 3.63) is 22.4 Å². The molecule has 0 bridgehead atoms. The van der Waals surface area contributed by atoms with E-state index in [9.17, 15) is 17.4 Å². The molecule has 0 saturated heterocycles. The van der Waals surface area contributed by atoms with Gasteiger partial charge in [0.2, 0.25) is 0 Å². The largest absolute Gasteiger partial charge is 1.00 e. The van der Waals surface area contributed by atoms with Gasteiger partial charge in [-0.1, -0.05) is 0 Å². The minimum absolute atomic E-state index is 0. The van der Waals surface area contributed by atoms with E-state index in [1.165, 1.54) is 0 Å². The van der Waals surface area contributed by atoms with Crippen molar-refractivity contribution in [2.24, 2.45) is 0 Å². The Labute approximate surface area is 110 Å². The number of aromatic hydroxyl groups is 1. The van der Waals surface area contributed by atoms with E-state index in [-0.39, 0.29) is 34.0 Å². The molecule has 1 N–H and O–H groups in total. The molecule has 0 radical (unpaired) electrons. The molecule has 0 aliphatic heterocycles. The van der Waals surface area contributed by atoms with Crippen molar-refractivity contribution in [1.29, 1.82) is 0 Å². The van der Waals surface area contributed by atoms with Crippen molar-refractivity contribution in [2.75, 3.05) is 0 Å². The first-order chi connectivity index (χ1) is 5.82. The van der Waals surface area contributed by atoms with Gasteiger partial charge in [0.1, 0.15) is 10.1 Å². The molecule has 4 nitrogen and oxygen atoms in total. The Morgan fingerprint density at radius 2 is 1.93 bits per heavy atom. The van der Waals surface area contributed by atoms with Crippen LogP contribution in [0.15, 0.2) is 21.5 Å². The van der Waals surface area contributed by atoms with E-state index in [1.54, 1.807) is 0 Å². The summed E-state index contributed by atoms with van der Waals surface area (Å²) in [7, 11) is -4.72. The summed E-state index contributed by atoms with van der Waals surface area (Å²) < 4.78 is 43.9. The second-order valence-electron chi connectivity index (χ2n) is 2.19. The van der Waals surface area contributed by atoms with Crippen LogP contribution in [-0.4, -0.2) is 18.1 Å². The number of benzene rings is 1. The summed E-state index contributed by atoms with van der Waals surface area (Å²) in [5.74, 6) is -1.88. The summed E-state index contributed by atoms with van der Waals surface area (Å²) in [6, 6.07) is 1.27. The Morgan fingerprint density at radius 3 is 2.36 bits per heavy atom. The fourth-order valence-corrected chi connectivity index (χ4v) is 2.18. The molecule has 0 aromatic heterocycles. The van der Waals surface area contributed by atoms with E-state index in [4.69, 9.17) is 5.11 Å². The molecule has 0 atom stereocenters. The monoisotopic (exact) mass is 292 g/mol. The van der Waals surface area contributed by atoms with Gasteiger partial charge < -0.3 is 9.66 Å². The number of phenols is 1. The van der Waals surface area contributed by atoms with Gasteiger partial charge in [-0.2, -0.15) is 0 Å². The fraction of sp³-hybridized carbons (Fsp3) is 0. The molecule has 0 unspecified atom stereocenters. The number of rotatable bonds is 1. The van der Waals surface area contributed by atoms with Crippen LogP contribution in [0.2, 0.25) is 0 Å². The molecule has 8 heteroatoms. The van der Waals surface area contributed by atoms with E-state index in [1.807, 2.05) is 0 Å². The first-order valence-electron chi connectivity index (χ1n) is 2.96. The van der Waals surface area contributed by atoms with Gasteiger partial charge in [0, 0.05) is 4.47 Å². The SMILES string of the molecule is O=S(=O)([O-])c1cc(F)c(O)cc1Br.[Na+]. The van der Waals surface area contributed by atoms with Crippen LogP contribution in [0.25, 0.3) is 0 Å². The molecule has 0 aliphatic rings. The second-order valence-corrected chi connectivity index (χ2v) is 4.39. The van der Waals surface area contributed by atoms with Gasteiger partial charge in [0.25, 0.3) is 0 Å². The third-order valence-corrected chi connectivity index (χ3v) is 3.07. The number of halogens is 2. The van der Waals surface area contributed by atoms with E-state index in [0.29, 0.717) is 6.07 Å². The molecule has 1 aromatic rings. The predicted molar refractivity (Wildman–Crippen MR) is 43.7 cm³/mol. The summed E-state index contributed by atoms with van der Waals surface area (Å²) in [6.07, 6.45) is 0. The van der Waals surface area contributed by atoms with Crippen molar-refractivity contribution in [2.45, 2.75) is 4.90 Å². The first kappa shape index (κ1) is 14.3. The van der Waals surface area contributed by atoms with Crippen molar-refractivity contribution in [3.63, 3.8) is 0 Å². The average molecular weight is 293 g/mol. The molecular formula is C6H3BrFNaO4S. The van der Waals surface area contributed by atoms with Gasteiger partial charge in [-0.25, -0.2) is 12.8 Å². The Hall–Kier alpha value is 0.340. The van der Waals surface area contributed by atoms with E-state index >= 15 is 0 Å². The topological polar surface area (TPSA) is 77.4 Å². The third kappa shape index (κ3) is 3.18. The average Bonchev–Trinajstić information content (AvgIpc) is 1.94. The molecule has 0 saturated carbocycles. The fourth-order valence-electron chi connectivity index (χ4n) is 0.710. The molecule has 0 fully saturated rings. The Balaban J connectivity index is 0.00000169. The minimum Gasteiger partial charge on any atom is -0.744 e. The van der Waals surface area contributed by atoms with Crippen molar-refractivity contribution in [3.8, 4) is 5.75 Å². The zero-order valence-electron chi connectivity index (χ0n) is 6.99. The summed E-state index contributed by atoms with van der Waals surface area (Å²) in [4.78, 5) is -0.734. The molecule has 0 aliphatic carbocycles. The maximum atomic E-state index is 12.6. The summed E-state index contributed by atoms with van der Waals surface area (Å²) in [6.45, 7) is 0. The molecule has 0 spiro atoms. The van der Waals surface area contributed by atoms with E-state index in [2.05, 4.69) is 15.9 Å².